The van der Waals surface area contributed by atoms with Crippen molar-refractivity contribution < 1.29 is 14.6 Å². The van der Waals surface area contributed by atoms with Gasteiger partial charge in [-0.15, -0.1) is 0 Å². The first-order valence-electron chi connectivity index (χ1n) is 4.31. The van der Waals surface area contributed by atoms with Gasteiger partial charge in [0.15, 0.2) is 11.5 Å². The molecule has 1 atom stereocenters. The van der Waals surface area contributed by atoms with Crippen LogP contribution in [0.1, 0.15) is 18.5 Å². The maximum absolute atomic E-state index is 9.79. The van der Waals surface area contributed by atoms with Gasteiger partial charge in [-0.25, -0.2) is 0 Å². The van der Waals surface area contributed by atoms with Crippen LogP contribution >= 0.6 is 0 Å². The topological polar surface area (TPSA) is 64.7 Å². The zero-order chi connectivity index (χ0) is 10.7. The summed E-state index contributed by atoms with van der Waals surface area (Å²) < 4.78 is 10.1. The fourth-order valence-electron chi connectivity index (χ4n) is 1.29. The lowest BCUT2D eigenvalue weighted by atomic mass is 10.1. The lowest BCUT2D eigenvalue weighted by Gasteiger charge is -2.14. The monoisotopic (exact) mass is 197 g/mol. The Hall–Kier alpha value is -1.42. The third-order valence-electron chi connectivity index (χ3n) is 2.04. The highest BCUT2D eigenvalue weighted by molar-refractivity contribution is 5.55. The maximum Gasteiger partial charge on any atom is 0.203 e. The van der Waals surface area contributed by atoms with E-state index in [2.05, 4.69) is 0 Å². The van der Waals surface area contributed by atoms with Crippen molar-refractivity contribution in [1.82, 2.24) is 0 Å². The molecule has 4 nitrogen and oxygen atoms in total. The van der Waals surface area contributed by atoms with Crippen molar-refractivity contribution >= 4 is 0 Å². The van der Waals surface area contributed by atoms with Crippen molar-refractivity contribution in [3.63, 3.8) is 0 Å². The molecule has 1 unspecified atom stereocenters. The smallest absolute Gasteiger partial charge is 0.203 e. The molecule has 0 heterocycles. The molecule has 4 heteroatoms. The number of hydrogen-bond acceptors (Lipinski definition) is 4. The fourth-order valence-corrected chi connectivity index (χ4v) is 1.29. The third kappa shape index (κ3) is 1.75. The minimum absolute atomic E-state index is 0.0434. The van der Waals surface area contributed by atoms with Gasteiger partial charge in [0.05, 0.1) is 14.2 Å². The van der Waals surface area contributed by atoms with Crippen LogP contribution in [0.5, 0.6) is 17.2 Å². The number of hydrogen-bond donors (Lipinski definition) is 2. The van der Waals surface area contributed by atoms with Gasteiger partial charge in [-0.2, -0.15) is 0 Å². The van der Waals surface area contributed by atoms with Crippen molar-refractivity contribution in [3.8, 4) is 17.2 Å². The van der Waals surface area contributed by atoms with E-state index >= 15 is 0 Å². The van der Waals surface area contributed by atoms with Crippen LogP contribution in [0.4, 0.5) is 0 Å². The van der Waals surface area contributed by atoms with Crippen molar-refractivity contribution in [2.24, 2.45) is 5.73 Å². The highest BCUT2D eigenvalue weighted by atomic mass is 16.5. The molecular weight excluding hydrogens is 182 g/mol. The average Bonchev–Trinajstić information content (AvgIpc) is 2.16. The van der Waals surface area contributed by atoms with Gasteiger partial charge in [0.1, 0.15) is 0 Å². The summed E-state index contributed by atoms with van der Waals surface area (Å²) in [6, 6.07) is 3.20. The van der Waals surface area contributed by atoms with E-state index in [9.17, 15) is 5.11 Å². The van der Waals surface area contributed by atoms with E-state index in [0.29, 0.717) is 17.1 Å². The summed E-state index contributed by atoms with van der Waals surface area (Å²) >= 11 is 0. The van der Waals surface area contributed by atoms with Crippen molar-refractivity contribution in [1.29, 1.82) is 0 Å². The quantitative estimate of drug-likeness (QED) is 0.769. The van der Waals surface area contributed by atoms with Gasteiger partial charge in [0.25, 0.3) is 0 Å². The SMILES string of the molecule is COc1ccc(C(C)N)c(O)c1OC. The van der Waals surface area contributed by atoms with Gasteiger partial charge in [-0.05, 0) is 19.1 Å². The van der Waals surface area contributed by atoms with Crippen molar-refractivity contribution in [2.75, 3.05) is 14.2 Å². The summed E-state index contributed by atoms with van der Waals surface area (Å²) in [5, 5.41) is 9.79. The van der Waals surface area contributed by atoms with Gasteiger partial charge >= 0.3 is 0 Å². The summed E-state index contributed by atoms with van der Waals surface area (Å²) in [6.45, 7) is 1.79. The number of aromatic hydroxyl groups is 1. The Kier molecular flexibility index (Phi) is 3.19. The Labute approximate surface area is 83.3 Å². The molecule has 78 valence electrons. The Morgan fingerprint density at radius 3 is 2.36 bits per heavy atom. The number of methoxy groups -OCH3 is 2. The van der Waals surface area contributed by atoms with Gasteiger partial charge in [0.2, 0.25) is 5.75 Å². The molecule has 0 amide bonds. The Bertz CT molecular complexity index is 323. The van der Waals surface area contributed by atoms with E-state index in [1.807, 2.05) is 0 Å². The first kappa shape index (κ1) is 10.7. The lowest BCUT2D eigenvalue weighted by molar-refractivity contribution is 0.330. The molecule has 0 saturated carbocycles. The predicted molar refractivity (Wildman–Crippen MR) is 53.8 cm³/mol. The highest BCUT2D eigenvalue weighted by Gasteiger charge is 2.15. The van der Waals surface area contributed by atoms with E-state index in [4.69, 9.17) is 15.2 Å². The normalized spacial score (nSPS) is 12.3. The van der Waals surface area contributed by atoms with Gasteiger partial charge < -0.3 is 20.3 Å². The molecule has 1 rings (SSSR count). The minimum Gasteiger partial charge on any atom is -0.504 e. The third-order valence-corrected chi connectivity index (χ3v) is 2.04. The number of rotatable bonds is 3. The number of phenolic OH excluding ortho intramolecular Hbond substituents is 1. The lowest BCUT2D eigenvalue weighted by Crippen LogP contribution is -2.06. The molecule has 0 aliphatic heterocycles. The Morgan fingerprint density at radius 1 is 1.29 bits per heavy atom. The van der Waals surface area contributed by atoms with E-state index < -0.39 is 0 Å². The molecule has 1 aromatic rings. The first-order valence-corrected chi connectivity index (χ1v) is 4.31. The molecule has 14 heavy (non-hydrogen) atoms. The van der Waals surface area contributed by atoms with Crippen LogP contribution in [0, 0.1) is 0 Å². The van der Waals surface area contributed by atoms with Crippen LogP contribution in [0.3, 0.4) is 0 Å². The standard InChI is InChI=1S/C10H15NO3/c1-6(11)7-4-5-8(13-2)10(14-3)9(7)12/h4-6,12H,11H2,1-3H3. The second kappa shape index (κ2) is 4.19. The molecule has 3 N–H and O–H groups in total. The highest BCUT2D eigenvalue weighted by Crippen LogP contribution is 2.40. The molecule has 1 aromatic carbocycles. The Balaban J connectivity index is 3.27. The largest absolute Gasteiger partial charge is 0.504 e. The maximum atomic E-state index is 9.79. The molecular formula is C10H15NO3. The second-order valence-electron chi connectivity index (χ2n) is 3.03. The van der Waals surface area contributed by atoms with E-state index in [-0.39, 0.29) is 11.8 Å². The van der Waals surface area contributed by atoms with Gasteiger partial charge in [0, 0.05) is 11.6 Å². The summed E-state index contributed by atoms with van der Waals surface area (Å²) in [6.07, 6.45) is 0. The van der Waals surface area contributed by atoms with E-state index in [0.717, 1.165) is 0 Å². The fraction of sp³-hybridized carbons (Fsp3) is 0.400. The van der Waals surface area contributed by atoms with Crippen LogP contribution in [0.2, 0.25) is 0 Å². The molecule has 0 saturated heterocycles. The number of ether oxygens (including phenoxy) is 2. The zero-order valence-corrected chi connectivity index (χ0v) is 8.57. The van der Waals surface area contributed by atoms with Gasteiger partial charge in [-0.3, -0.25) is 0 Å². The molecule has 0 aromatic heterocycles. The molecule has 0 bridgehead atoms. The molecule has 0 fully saturated rings. The van der Waals surface area contributed by atoms with Crippen LogP contribution in [0.25, 0.3) is 0 Å². The van der Waals surface area contributed by atoms with Crippen LogP contribution in [-0.4, -0.2) is 19.3 Å². The molecule has 0 spiro atoms. The van der Waals surface area contributed by atoms with Gasteiger partial charge in [-0.1, -0.05) is 0 Å². The number of nitrogens with two attached hydrogens (primary N) is 1. The minimum atomic E-state index is -0.241. The average molecular weight is 197 g/mol. The van der Waals surface area contributed by atoms with Crippen LogP contribution in [0.15, 0.2) is 12.1 Å². The van der Waals surface area contributed by atoms with Crippen molar-refractivity contribution in [3.05, 3.63) is 17.7 Å². The number of benzene rings is 1. The molecule has 0 aliphatic rings. The molecule has 0 aliphatic carbocycles. The Morgan fingerprint density at radius 2 is 1.93 bits per heavy atom. The van der Waals surface area contributed by atoms with Crippen LogP contribution in [-0.2, 0) is 0 Å². The number of phenols is 1. The van der Waals surface area contributed by atoms with Crippen molar-refractivity contribution in [2.45, 2.75) is 13.0 Å². The summed E-state index contributed by atoms with van der Waals surface area (Å²) in [7, 11) is 2.99. The van der Waals surface area contributed by atoms with Crippen LogP contribution < -0.4 is 15.2 Å². The second-order valence-corrected chi connectivity index (χ2v) is 3.03. The first-order chi connectivity index (χ1) is 6.61. The predicted octanol–water partition coefficient (Wildman–Crippen LogP) is 1.43. The molecule has 0 radical (unpaired) electrons. The van der Waals surface area contributed by atoms with E-state index in [1.165, 1.54) is 14.2 Å². The summed E-state index contributed by atoms with van der Waals surface area (Å²) in [5.41, 5.74) is 6.31. The zero-order valence-electron chi connectivity index (χ0n) is 8.57. The summed E-state index contributed by atoms with van der Waals surface area (Å²) in [4.78, 5) is 0. The summed E-state index contributed by atoms with van der Waals surface area (Å²) in [5.74, 6) is 0.860. The van der Waals surface area contributed by atoms with E-state index in [1.54, 1.807) is 19.1 Å².